The Morgan fingerprint density at radius 3 is 2.65 bits per heavy atom. The molecule has 0 spiro atoms. The summed E-state index contributed by atoms with van der Waals surface area (Å²) >= 11 is 0. The van der Waals surface area contributed by atoms with Gasteiger partial charge in [0, 0.05) is 5.92 Å². The second kappa shape index (κ2) is 4.26. The lowest BCUT2D eigenvalue weighted by atomic mass is 10.0. The zero-order valence-corrected chi connectivity index (χ0v) is 10.1. The first kappa shape index (κ1) is 11.0. The molecule has 1 heterocycles. The topological polar surface area (TPSA) is 26.3 Å². The van der Waals surface area contributed by atoms with Gasteiger partial charge in [0.05, 0.1) is 6.10 Å². The fourth-order valence-electron chi connectivity index (χ4n) is 2.83. The van der Waals surface area contributed by atoms with Crippen LogP contribution in [-0.2, 0) is 9.53 Å². The fourth-order valence-corrected chi connectivity index (χ4v) is 2.83. The third kappa shape index (κ3) is 2.14. The summed E-state index contributed by atoms with van der Waals surface area (Å²) < 4.78 is 5.66. The van der Waals surface area contributed by atoms with Crippen LogP contribution in [-0.4, -0.2) is 18.0 Å². The molecular weight excluding hydrogens is 212 g/mol. The highest BCUT2D eigenvalue weighted by molar-refractivity contribution is 5.89. The zero-order valence-electron chi connectivity index (χ0n) is 10.1. The summed E-state index contributed by atoms with van der Waals surface area (Å²) in [6.07, 6.45) is 3.09. The van der Waals surface area contributed by atoms with Gasteiger partial charge in [-0.2, -0.15) is 0 Å². The van der Waals surface area contributed by atoms with Crippen LogP contribution in [0.5, 0.6) is 0 Å². The van der Waals surface area contributed by atoms with E-state index < -0.39 is 0 Å². The van der Waals surface area contributed by atoms with Crippen LogP contribution in [0.3, 0.4) is 0 Å². The monoisotopic (exact) mass is 230 g/mol. The number of carbonyl (C=O) groups excluding carboxylic acids is 1. The van der Waals surface area contributed by atoms with E-state index in [4.69, 9.17) is 4.74 Å². The number of benzene rings is 1. The van der Waals surface area contributed by atoms with Crippen molar-refractivity contribution in [3.05, 3.63) is 35.9 Å². The average molecular weight is 230 g/mol. The van der Waals surface area contributed by atoms with Gasteiger partial charge in [0.1, 0.15) is 6.10 Å². The molecule has 0 N–H and O–H groups in total. The third-order valence-corrected chi connectivity index (χ3v) is 3.93. The number of hydrogen-bond acceptors (Lipinski definition) is 2. The van der Waals surface area contributed by atoms with E-state index >= 15 is 0 Å². The summed E-state index contributed by atoms with van der Waals surface area (Å²) in [5, 5.41) is 0. The molecule has 1 saturated carbocycles. The summed E-state index contributed by atoms with van der Waals surface area (Å²) in [5.41, 5.74) is 1.30. The Labute approximate surface area is 102 Å². The van der Waals surface area contributed by atoms with E-state index in [0.717, 1.165) is 19.3 Å². The van der Waals surface area contributed by atoms with Crippen molar-refractivity contribution in [3.8, 4) is 0 Å². The predicted molar refractivity (Wildman–Crippen MR) is 65.9 cm³/mol. The zero-order chi connectivity index (χ0) is 11.8. The van der Waals surface area contributed by atoms with E-state index in [1.165, 1.54) is 5.56 Å². The summed E-state index contributed by atoms with van der Waals surface area (Å²) in [5.74, 6) is 0.999. The first-order valence-corrected chi connectivity index (χ1v) is 6.50. The van der Waals surface area contributed by atoms with Crippen LogP contribution in [0.1, 0.15) is 37.7 Å². The van der Waals surface area contributed by atoms with E-state index in [9.17, 15) is 4.79 Å². The van der Waals surface area contributed by atoms with Crippen molar-refractivity contribution < 1.29 is 9.53 Å². The molecule has 3 rings (SSSR count). The fraction of sp³-hybridized carbons (Fsp3) is 0.533. The van der Waals surface area contributed by atoms with Gasteiger partial charge in [0.25, 0.3) is 0 Å². The SMILES string of the molecule is CC1CCC(C(=O)C2CC2c2ccccc2)O1. The first-order valence-electron chi connectivity index (χ1n) is 6.50. The van der Waals surface area contributed by atoms with Crippen LogP contribution < -0.4 is 0 Å². The summed E-state index contributed by atoms with van der Waals surface area (Å²) in [6, 6.07) is 10.4. The Hall–Kier alpha value is -1.15. The molecule has 0 amide bonds. The van der Waals surface area contributed by atoms with E-state index in [2.05, 4.69) is 19.1 Å². The molecule has 90 valence electrons. The molecule has 1 aromatic rings. The Balaban J connectivity index is 1.63. The number of ether oxygens (including phenoxy) is 1. The highest BCUT2D eigenvalue weighted by Gasteiger charge is 2.47. The van der Waals surface area contributed by atoms with E-state index in [0.29, 0.717) is 11.7 Å². The van der Waals surface area contributed by atoms with Crippen LogP contribution in [0.2, 0.25) is 0 Å². The predicted octanol–water partition coefficient (Wildman–Crippen LogP) is 2.93. The number of Topliss-reactive ketones (excluding diaryl/α,β-unsaturated/α-hetero) is 1. The number of hydrogen-bond donors (Lipinski definition) is 0. The summed E-state index contributed by atoms with van der Waals surface area (Å²) in [6.45, 7) is 2.05. The van der Waals surface area contributed by atoms with Gasteiger partial charge in [-0.15, -0.1) is 0 Å². The van der Waals surface area contributed by atoms with Crippen LogP contribution in [0, 0.1) is 5.92 Å². The van der Waals surface area contributed by atoms with Gasteiger partial charge >= 0.3 is 0 Å². The smallest absolute Gasteiger partial charge is 0.165 e. The maximum atomic E-state index is 12.2. The Kier molecular flexibility index (Phi) is 2.75. The van der Waals surface area contributed by atoms with Crippen molar-refractivity contribution >= 4 is 5.78 Å². The second-order valence-corrected chi connectivity index (χ2v) is 5.27. The van der Waals surface area contributed by atoms with Crippen molar-refractivity contribution in [2.24, 2.45) is 5.92 Å². The minimum absolute atomic E-state index is 0.122. The Morgan fingerprint density at radius 1 is 1.24 bits per heavy atom. The van der Waals surface area contributed by atoms with Crippen LogP contribution >= 0.6 is 0 Å². The minimum Gasteiger partial charge on any atom is -0.367 e. The second-order valence-electron chi connectivity index (χ2n) is 5.27. The highest BCUT2D eigenvalue weighted by Crippen LogP contribution is 2.49. The normalized spacial score (nSPS) is 35.8. The van der Waals surface area contributed by atoms with Crippen LogP contribution in [0.25, 0.3) is 0 Å². The molecule has 0 radical (unpaired) electrons. The molecule has 1 aliphatic heterocycles. The molecule has 2 nitrogen and oxygen atoms in total. The van der Waals surface area contributed by atoms with E-state index in [-0.39, 0.29) is 18.1 Å². The number of carbonyl (C=O) groups is 1. The first-order chi connectivity index (χ1) is 8.25. The molecular formula is C15H18O2. The van der Waals surface area contributed by atoms with Gasteiger partial charge in [-0.25, -0.2) is 0 Å². The van der Waals surface area contributed by atoms with Crippen molar-refractivity contribution in [1.82, 2.24) is 0 Å². The Bertz CT molecular complexity index is 412. The van der Waals surface area contributed by atoms with Gasteiger partial charge in [-0.05, 0) is 37.7 Å². The third-order valence-electron chi connectivity index (χ3n) is 3.93. The Morgan fingerprint density at radius 2 is 2.00 bits per heavy atom. The lowest BCUT2D eigenvalue weighted by molar-refractivity contribution is -0.130. The molecule has 4 atom stereocenters. The molecule has 2 aliphatic rings. The van der Waals surface area contributed by atoms with Gasteiger partial charge in [-0.3, -0.25) is 4.79 Å². The number of ketones is 1. The van der Waals surface area contributed by atoms with Crippen molar-refractivity contribution in [2.75, 3.05) is 0 Å². The van der Waals surface area contributed by atoms with Crippen molar-refractivity contribution in [3.63, 3.8) is 0 Å². The quantitative estimate of drug-likeness (QED) is 0.798. The van der Waals surface area contributed by atoms with E-state index in [1.54, 1.807) is 0 Å². The molecule has 1 aliphatic carbocycles. The minimum atomic E-state index is -0.122. The summed E-state index contributed by atoms with van der Waals surface area (Å²) in [7, 11) is 0. The maximum absolute atomic E-state index is 12.2. The van der Waals surface area contributed by atoms with Gasteiger partial charge < -0.3 is 4.74 Å². The van der Waals surface area contributed by atoms with Crippen LogP contribution in [0.4, 0.5) is 0 Å². The van der Waals surface area contributed by atoms with Gasteiger partial charge in [0.15, 0.2) is 5.78 Å². The molecule has 2 heteroatoms. The lowest BCUT2D eigenvalue weighted by Crippen LogP contribution is -2.22. The van der Waals surface area contributed by atoms with Crippen molar-refractivity contribution in [1.29, 1.82) is 0 Å². The highest BCUT2D eigenvalue weighted by atomic mass is 16.5. The molecule has 1 aromatic carbocycles. The molecule has 0 bridgehead atoms. The average Bonchev–Trinajstić information content (AvgIpc) is 3.05. The largest absolute Gasteiger partial charge is 0.367 e. The molecule has 1 saturated heterocycles. The van der Waals surface area contributed by atoms with Crippen molar-refractivity contribution in [2.45, 2.75) is 44.3 Å². The molecule has 17 heavy (non-hydrogen) atoms. The van der Waals surface area contributed by atoms with Gasteiger partial charge in [0.2, 0.25) is 0 Å². The lowest BCUT2D eigenvalue weighted by Gasteiger charge is -2.09. The number of rotatable bonds is 3. The molecule has 0 aromatic heterocycles. The summed E-state index contributed by atoms with van der Waals surface area (Å²) in [4.78, 5) is 12.2. The molecule has 4 unspecified atom stereocenters. The maximum Gasteiger partial charge on any atom is 0.165 e. The standard InChI is InChI=1S/C15H18O2/c1-10-7-8-14(17-10)15(16)13-9-12(13)11-5-3-2-4-6-11/h2-6,10,12-14H,7-9H2,1H3. The van der Waals surface area contributed by atoms with Gasteiger partial charge in [-0.1, -0.05) is 30.3 Å². The van der Waals surface area contributed by atoms with Crippen LogP contribution in [0.15, 0.2) is 30.3 Å². The molecule has 2 fully saturated rings. The van der Waals surface area contributed by atoms with E-state index in [1.807, 2.05) is 18.2 Å².